The van der Waals surface area contributed by atoms with Gasteiger partial charge in [-0.25, -0.2) is 0 Å². The Morgan fingerprint density at radius 2 is 2.21 bits per heavy atom. The fraction of sp³-hybridized carbons (Fsp3) is 0.545. The molecule has 0 aromatic carbocycles. The zero-order valence-electron chi connectivity index (χ0n) is 9.20. The lowest BCUT2D eigenvalue weighted by Gasteiger charge is -2.22. The average Bonchev–Trinajstić information content (AvgIpc) is 2.16. The molecule has 1 heterocycles. The molecule has 0 saturated heterocycles. The summed E-state index contributed by atoms with van der Waals surface area (Å²) in [6.45, 7) is 5.67. The minimum absolute atomic E-state index is 0.400. The van der Waals surface area contributed by atoms with Crippen LogP contribution in [0, 0.1) is 6.92 Å². The SMILES string of the molecule is Cc1cccc(CN(C)C(C)CN)n1. The fourth-order valence-corrected chi connectivity index (χ4v) is 1.28. The number of rotatable bonds is 4. The van der Waals surface area contributed by atoms with Gasteiger partial charge >= 0.3 is 0 Å². The number of hydrogen-bond donors (Lipinski definition) is 1. The number of aryl methyl sites for hydroxylation is 1. The Labute approximate surface area is 85.9 Å². The Balaban J connectivity index is 2.60. The Morgan fingerprint density at radius 3 is 2.79 bits per heavy atom. The predicted molar refractivity (Wildman–Crippen MR) is 59.0 cm³/mol. The van der Waals surface area contributed by atoms with Crippen LogP contribution >= 0.6 is 0 Å². The molecule has 0 amide bonds. The van der Waals surface area contributed by atoms with Crippen molar-refractivity contribution in [3.05, 3.63) is 29.6 Å². The first-order valence-corrected chi connectivity index (χ1v) is 4.96. The van der Waals surface area contributed by atoms with Crippen molar-refractivity contribution in [2.24, 2.45) is 5.73 Å². The fourth-order valence-electron chi connectivity index (χ4n) is 1.28. The van der Waals surface area contributed by atoms with Gasteiger partial charge in [-0.05, 0) is 33.0 Å². The minimum Gasteiger partial charge on any atom is -0.329 e. The molecule has 0 radical (unpaired) electrons. The summed E-state index contributed by atoms with van der Waals surface area (Å²) >= 11 is 0. The number of pyridine rings is 1. The molecule has 0 bridgehead atoms. The van der Waals surface area contributed by atoms with Gasteiger partial charge in [0.15, 0.2) is 0 Å². The molecule has 0 aliphatic carbocycles. The molecule has 1 atom stereocenters. The molecule has 0 aliphatic heterocycles. The molecule has 0 aliphatic rings. The maximum absolute atomic E-state index is 5.59. The molecule has 2 N–H and O–H groups in total. The zero-order valence-corrected chi connectivity index (χ0v) is 9.20. The summed E-state index contributed by atoms with van der Waals surface area (Å²) in [5, 5.41) is 0. The lowest BCUT2D eigenvalue weighted by Crippen LogP contribution is -2.34. The van der Waals surface area contributed by atoms with E-state index in [0.717, 1.165) is 17.9 Å². The second-order valence-electron chi connectivity index (χ2n) is 3.77. The quantitative estimate of drug-likeness (QED) is 0.780. The number of nitrogens with zero attached hydrogens (tertiary/aromatic N) is 2. The van der Waals surface area contributed by atoms with Crippen LogP contribution in [0.4, 0.5) is 0 Å². The van der Waals surface area contributed by atoms with Crippen molar-refractivity contribution in [3.63, 3.8) is 0 Å². The lowest BCUT2D eigenvalue weighted by atomic mass is 10.2. The van der Waals surface area contributed by atoms with Crippen molar-refractivity contribution in [3.8, 4) is 0 Å². The second kappa shape index (κ2) is 5.08. The highest BCUT2D eigenvalue weighted by molar-refractivity contribution is 5.09. The molecular weight excluding hydrogens is 174 g/mol. The van der Waals surface area contributed by atoms with Crippen molar-refractivity contribution < 1.29 is 0 Å². The standard InChI is InChI=1S/C11H19N3/c1-9-5-4-6-11(13-9)8-14(3)10(2)7-12/h4-6,10H,7-8,12H2,1-3H3. The highest BCUT2D eigenvalue weighted by Crippen LogP contribution is 2.04. The van der Waals surface area contributed by atoms with Gasteiger partial charge in [-0.1, -0.05) is 6.07 Å². The Morgan fingerprint density at radius 1 is 1.50 bits per heavy atom. The molecule has 3 nitrogen and oxygen atoms in total. The first kappa shape index (κ1) is 11.1. The van der Waals surface area contributed by atoms with E-state index in [1.165, 1.54) is 0 Å². The first-order chi connectivity index (χ1) is 6.63. The van der Waals surface area contributed by atoms with Gasteiger partial charge < -0.3 is 5.73 Å². The van der Waals surface area contributed by atoms with Gasteiger partial charge in [0, 0.05) is 24.8 Å². The van der Waals surface area contributed by atoms with Crippen molar-refractivity contribution in [2.45, 2.75) is 26.4 Å². The van der Waals surface area contributed by atoms with Crippen LogP contribution in [0.1, 0.15) is 18.3 Å². The molecule has 0 saturated carbocycles. The molecule has 3 heteroatoms. The average molecular weight is 193 g/mol. The summed E-state index contributed by atoms with van der Waals surface area (Å²) in [5.41, 5.74) is 7.76. The van der Waals surface area contributed by atoms with Crippen LogP contribution in [0.25, 0.3) is 0 Å². The lowest BCUT2D eigenvalue weighted by molar-refractivity contribution is 0.252. The van der Waals surface area contributed by atoms with Gasteiger partial charge in [0.1, 0.15) is 0 Å². The van der Waals surface area contributed by atoms with Crippen LogP contribution in [0.3, 0.4) is 0 Å². The molecule has 1 aromatic heterocycles. The van der Waals surface area contributed by atoms with Crippen LogP contribution in [-0.4, -0.2) is 29.5 Å². The summed E-state index contributed by atoms with van der Waals surface area (Å²) in [5.74, 6) is 0. The normalized spacial score (nSPS) is 13.2. The summed E-state index contributed by atoms with van der Waals surface area (Å²) in [6.07, 6.45) is 0. The third-order valence-electron chi connectivity index (χ3n) is 2.45. The highest BCUT2D eigenvalue weighted by Gasteiger charge is 2.07. The first-order valence-electron chi connectivity index (χ1n) is 4.96. The van der Waals surface area contributed by atoms with Crippen LogP contribution in [-0.2, 0) is 6.54 Å². The number of likely N-dealkylation sites (N-methyl/N-ethyl adjacent to an activating group) is 1. The molecule has 1 rings (SSSR count). The van der Waals surface area contributed by atoms with Gasteiger partial charge in [-0.3, -0.25) is 9.88 Å². The van der Waals surface area contributed by atoms with Gasteiger partial charge in [-0.2, -0.15) is 0 Å². The van der Waals surface area contributed by atoms with Crippen LogP contribution < -0.4 is 5.73 Å². The van der Waals surface area contributed by atoms with Gasteiger partial charge in [-0.15, -0.1) is 0 Å². The van der Waals surface area contributed by atoms with E-state index in [-0.39, 0.29) is 0 Å². The zero-order chi connectivity index (χ0) is 10.6. The van der Waals surface area contributed by atoms with Crippen molar-refractivity contribution in [1.29, 1.82) is 0 Å². The van der Waals surface area contributed by atoms with Crippen molar-refractivity contribution in [1.82, 2.24) is 9.88 Å². The number of hydrogen-bond acceptors (Lipinski definition) is 3. The third kappa shape index (κ3) is 3.09. The van der Waals surface area contributed by atoms with E-state index in [4.69, 9.17) is 5.73 Å². The number of nitrogens with two attached hydrogens (primary N) is 1. The predicted octanol–water partition coefficient (Wildman–Crippen LogP) is 1.17. The maximum atomic E-state index is 5.59. The second-order valence-corrected chi connectivity index (χ2v) is 3.77. The largest absolute Gasteiger partial charge is 0.329 e. The molecule has 0 spiro atoms. The molecule has 1 unspecified atom stereocenters. The van der Waals surface area contributed by atoms with Crippen LogP contribution in [0.5, 0.6) is 0 Å². The minimum atomic E-state index is 0.400. The van der Waals surface area contributed by atoms with E-state index in [0.29, 0.717) is 12.6 Å². The van der Waals surface area contributed by atoms with E-state index < -0.39 is 0 Å². The Kier molecular flexibility index (Phi) is 4.04. The van der Waals surface area contributed by atoms with Crippen molar-refractivity contribution >= 4 is 0 Å². The molecule has 14 heavy (non-hydrogen) atoms. The van der Waals surface area contributed by atoms with E-state index in [2.05, 4.69) is 23.9 Å². The van der Waals surface area contributed by atoms with E-state index >= 15 is 0 Å². The topological polar surface area (TPSA) is 42.1 Å². The monoisotopic (exact) mass is 193 g/mol. The number of aromatic nitrogens is 1. The summed E-state index contributed by atoms with van der Waals surface area (Å²) in [7, 11) is 2.07. The molecule has 78 valence electrons. The molecule has 1 aromatic rings. The van der Waals surface area contributed by atoms with Crippen molar-refractivity contribution in [2.75, 3.05) is 13.6 Å². The molecule has 0 fully saturated rings. The third-order valence-corrected chi connectivity index (χ3v) is 2.45. The summed E-state index contributed by atoms with van der Waals surface area (Å²) in [4.78, 5) is 6.66. The Hall–Kier alpha value is -0.930. The summed E-state index contributed by atoms with van der Waals surface area (Å²) < 4.78 is 0. The van der Waals surface area contributed by atoms with Gasteiger partial charge in [0.2, 0.25) is 0 Å². The van der Waals surface area contributed by atoms with Gasteiger partial charge in [0.25, 0.3) is 0 Å². The van der Waals surface area contributed by atoms with E-state index in [1.807, 2.05) is 25.1 Å². The Bertz CT molecular complexity index is 286. The van der Waals surface area contributed by atoms with Gasteiger partial charge in [0.05, 0.1) is 5.69 Å². The summed E-state index contributed by atoms with van der Waals surface area (Å²) in [6, 6.07) is 6.50. The van der Waals surface area contributed by atoms with Crippen LogP contribution in [0.15, 0.2) is 18.2 Å². The smallest absolute Gasteiger partial charge is 0.0547 e. The van der Waals surface area contributed by atoms with E-state index in [1.54, 1.807) is 0 Å². The highest BCUT2D eigenvalue weighted by atomic mass is 15.1. The maximum Gasteiger partial charge on any atom is 0.0547 e. The molecular formula is C11H19N3. The van der Waals surface area contributed by atoms with Crippen LogP contribution in [0.2, 0.25) is 0 Å². The van der Waals surface area contributed by atoms with E-state index in [9.17, 15) is 0 Å².